The Morgan fingerprint density at radius 1 is 0.800 bits per heavy atom. The molecule has 0 amide bonds. The minimum atomic E-state index is -0.704. The molecule has 0 radical (unpaired) electrons. The van der Waals surface area contributed by atoms with Gasteiger partial charge < -0.3 is 5.11 Å². The van der Waals surface area contributed by atoms with E-state index in [4.69, 9.17) is 5.11 Å². The normalized spacial score (nSPS) is 11.4. The highest BCUT2D eigenvalue weighted by molar-refractivity contribution is 7.24. The average Bonchev–Trinajstić information content (AvgIpc) is 2.41. The zero-order valence-corrected chi connectivity index (χ0v) is 13.8. The molecule has 0 aromatic carbocycles. The van der Waals surface area contributed by atoms with E-state index in [2.05, 4.69) is 0 Å². The number of carboxylic acid groups (broad SMARTS) is 1. The molecule has 0 aliphatic carbocycles. The third-order valence-corrected chi connectivity index (χ3v) is 4.16. The molecule has 0 aromatic rings. The molecule has 0 rings (SSSR count). The van der Waals surface area contributed by atoms with Crippen LogP contribution in [0.2, 0.25) is 0 Å². The molecule has 0 unspecified atom stereocenters. The molecule has 0 fully saturated rings. The minimum absolute atomic E-state index is 0.0853. The van der Waals surface area contributed by atoms with Crippen LogP contribution in [0.5, 0.6) is 0 Å². The molecule has 116 valence electrons. The van der Waals surface area contributed by atoms with Gasteiger partial charge in [-0.25, -0.2) is 0 Å². The largest absolute Gasteiger partial charge is 0.481 e. The number of hydrogen-bond acceptors (Lipinski definition) is 4. The highest BCUT2D eigenvalue weighted by Crippen LogP contribution is 2.11. The van der Waals surface area contributed by atoms with Crippen molar-refractivity contribution in [2.45, 2.75) is 57.8 Å². The lowest BCUT2D eigenvalue weighted by molar-refractivity contribution is -0.137. The lowest BCUT2D eigenvalue weighted by Gasteiger charge is -2.14. The summed E-state index contributed by atoms with van der Waals surface area (Å²) in [6.07, 6.45) is 9.82. The number of nitrogens with zero attached hydrogens (tertiary/aromatic N) is 1. The lowest BCUT2D eigenvalue weighted by atomic mass is 10.1. The van der Waals surface area contributed by atoms with Crippen LogP contribution in [0, 0.1) is 0 Å². The van der Waals surface area contributed by atoms with Gasteiger partial charge in [-0.3, -0.25) is 18.8 Å². The van der Waals surface area contributed by atoms with Crippen molar-refractivity contribution in [3.63, 3.8) is 0 Å². The smallest absolute Gasteiger partial charge is 0.303 e. The van der Waals surface area contributed by atoms with Gasteiger partial charge in [0.15, 0.2) is 16.9 Å². The molecule has 0 bridgehead atoms. The fraction of sp³-hybridized carbons (Fsp3) is 0.923. The summed E-state index contributed by atoms with van der Waals surface area (Å²) in [7, 11) is 0.171. The molecule has 0 aliphatic heterocycles. The van der Waals surface area contributed by atoms with Gasteiger partial charge in [0.05, 0.1) is 12.6 Å². The first kappa shape index (κ1) is 19.6. The molecule has 1 N–H and O–H groups in total. The van der Waals surface area contributed by atoms with Crippen molar-refractivity contribution in [3.8, 4) is 0 Å². The summed E-state index contributed by atoms with van der Waals surface area (Å²) in [5, 5.41) is 8.49. The van der Waals surface area contributed by atoms with E-state index in [1.807, 2.05) is 4.90 Å². The van der Waals surface area contributed by atoms with Crippen molar-refractivity contribution in [1.29, 1.82) is 0 Å². The number of carbonyl (C=O) groups is 1. The molecule has 7 heteroatoms. The predicted molar refractivity (Wildman–Crippen MR) is 80.8 cm³/mol. The number of unbranched alkanes of at least 4 members (excludes halogenated alkanes) is 7. The summed E-state index contributed by atoms with van der Waals surface area (Å²) < 4.78 is 21.0. The number of carboxylic acids is 1. The SMILES string of the molecule is O=PCN(CCCCCCCCCCC(=O)O)CP=O. The number of rotatable bonds is 15. The predicted octanol–water partition coefficient (Wildman–Crippen LogP) is 4.38. The van der Waals surface area contributed by atoms with Crippen LogP contribution in [0.25, 0.3) is 0 Å². The summed E-state index contributed by atoms with van der Waals surface area (Å²) in [5.41, 5.74) is 0. The summed E-state index contributed by atoms with van der Waals surface area (Å²) in [6.45, 7) is 0.850. The van der Waals surface area contributed by atoms with Gasteiger partial charge in [0.1, 0.15) is 0 Å². The third kappa shape index (κ3) is 14.0. The molecule has 5 nitrogen and oxygen atoms in total. The van der Waals surface area contributed by atoms with Crippen molar-refractivity contribution in [1.82, 2.24) is 4.90 Å². The number of aliphatic carboxylic acids is 1. The standard InChI is InChI=1S/C13H25NO4P2/c15-13(16)9-7-5-3-1-2-4-6-8-10-14(11-19-17)12-20-18/h1-12H2,(H,15,16). The van der Waals surface area contributed by atoms with Crippen molar-refractivity contribution in [2.24, 2.45) is 0 Å². The second kappa shape index (κ2) is 15.0. The van der Waals surface area contributed by atoms with E-state index in [0.717, 1.165) is 38.6 Å². The Bertz CT molecular complexity index is 267. The second-order valence-electron chi connectivity index (χ2n) is 4.91. The Morgan fingerprint density at radius 3 is 1.70 bits per heavy atom. The Morgan fingerprint density at radius 2 is 1.25 bits per heavy atom. The topological polar surface area (TPSA) is 74.7 Å². The van der Waals surface area contributed by atoms with Gasteiger partial charge in [-0.05, 0) is 19.4 Å². The quantitative estimate of drug-likeness (QED) is 0.358. The van der Waals surface area contributed by atoms with Gasteiger partial charge in [0.2, 0.25) is 0 Å². The molecule has 0 heterocycles. The van der Waals surface area contributed by atoms with Crippen molar-refractivity contribution in [3.05, 3.63) is 0 Å². The van der Waals surface area contributed by atoms with Crippen LogP contribution >= 0.6 is 16.9 Å². The zero-order chi connectivity index (χ0) is 15.1. The Hall–Kier alpha value is -0.370. The highest BCUT2D eigenvalue weighted by Gasteiger charge is 2.03. The molecular weight excluding hydrogens is 296 g/mol. The van der Waals surface area contributed by atoms with Gasteiger partial charge in [-0.1, -0.05) is 38.5 Å². The molecule has 20 heavy (non-hydrogen) atoms. The maximum atomic E-state index is 10.5. The Labute approximate surface area is 124 Å². The summed E-state index contributed by atoms with van der Waals surface area (Å²) in [5.74, 6) is -0.704. The van der Waals surface area contributed by atoms with Crippen molar-refractivity contribution < 1.29 is 19.0 Å². The van der Waals surface area contributed by atoms with E-state index in [1.165, 1.54) is 19.3 Å². The van der Waals surface area contributed by atoms with E-state index in [0.29, 0.717) is 12.6 Å². The van der Waals surface area contributed by atoms with Crippen LogP contribution in [-0.2, 0) is 13.9 Å². The first-order chi connectivity index (χ1) is 9.70. The average molecular weight is 321 g/mol. The fourth-order valence-corrected chi connectivity index (χ4v) is 2.99. The summed E-state index contributed by atoms with van der Waals surface area (Å²) in [4.78, 5) is 12.2. The fourth-order valence-electron chi connectivity index (χ4n) is 2.02. The molecule has 0 aromatic heterocycles. The summed E-state index contributed by atoms with van der Waals surface area (Å²) in [6, 6.07) is 0. The van der Waals surface area contributed by atoms with E-state index in [-0.39, 0.29) is 23.3 Å². The van der Waals surface area contributed by atoms with Crippen LogP contribution in [0.3, 0.4) is 0 Å². The minimum Gasteiger partial charge on any atom is -0.481 e. The molecular formula is C13H25NO4P2. The van der Waals surface area contributed by atoms with Crippen molar-refractivity contribution in [2.75, 3.05) is 19.1 Å². The first-order valence-electron chi connectivity index (χ1n) is 7.23. The summed E-state index contributed by atoms with van der Waals surface area (Å²) >= 11 is 0. The van der Waals surface area contributed by atoms with Crippen LogP contribution in [-0.4, -0.2) is 35.1 Å². The van der Waals surface area contributed by atoms with Crippen LogP contribution in [0.1, 0.15) is 57.8 Å². The number of hydrogen-bond donors (Lipinski definition) is 1. The van der Waals surface area contributed by atoms with Gasteiger partial charge >= 0.3 is 5.97 Å². The monoisotopic (exact) mass is 321 g/mol. The lowest BCUT2D eigenvalue weighted by Crippen LogP contribution is -2.21. The Kier molecular flexibility index (Phi) is 14.7. The van der Waals surface area contributed by atoms with Crippen molar-refractivity contribution >= 4 is 22.9 Å². The van der Waals surface area contributed by atoms with Crippen LogP contribution < -0.4 is 0 Å². The molecule has 0 spiro atoms. The maximum Gasteiger partial charge on any atom is 0.303 e. The molecule has 0 atom stereocenters. The third-order valence-electron chi connectivity index (χ3n) is 3.13. The van der Waals surface area contributed by atoms with E-state index in [1.54, 1.807) is 0 Å². The van der Waals surface area contributed by atoms with E-state index in [9.17, 15) is 13.9 Å². The molecule has 0 aliphatic rings. The Balaban J connectivity index is 3.28. The van der Waals surface area contributed by atoms with Crippen LogP contribution in [0.15, 0.2) is 0 Å². The molecule has 0 saturated heterocycles. The van der Waals surface area contributed by atoms with E-state index < -0.39 is 5.97 Å². The van der Waals surface area contributed by atoms with Gasteiger partial charge in [0.25, 0.3) is 0 Å². The van der Waals surface area contributed by atoms with Crippen LogP contribution in [0.4, 0.5) is 0 Å². The van der Waals surface area contributed by atoms with E-state index >= 15 is 0 Å². The first-order valence-corrected chi connectivity index (χ1v) is 9.22. The van der Waals surface area contributed by atoms with Gasteiger partial charge in [-0.2, -0.15) is 0 Å². The maximum absolute atomic E-state index is 10.5. The second-order valence-corrected chi connectivity index (χ2v) is 5.99. The van der Waals surface area contributed by atoms with Gasteiger partial charge in [0, 0.05) is 6.42 Å². The zero-order valence-electron chi connectivity index (χ0n) is 12.0. The van der Waals surface area contributed by atoms with Gasteiger partial charge in [-0.15, -0.1) is 0 Å². The molecule has 0 saturated carbocycles. The highest BCUT2D eigenvalue weighted by atomic mass is 31.1.